The second kappa shape index (κ2) is 6.07. The number of anilines is 1. The molecule has 2 aromatic carbocycles. The van der Waals surface area contributed by atoms with E-state index in [9.17, 15) is 17.6 Å². The molecule has 7 heteroatoms. The van der Waals surface area contributed by atoms with Crippen LogP contribution in [-0.2, 0) is 12.7 Å². The van der Waals surface area contributed by atoms with E-state index in [-0.39, 0.29) is 12.1 Å². The van der Waals surface area contributed by atoms with Crippen molar-refractivity contribution in [1.29, 1.82) is 0 Å². The summed E-state index contributed by atoms with van der Waals surface area (Å²) < 4.78 is 52.6. The van der Waals surface area contributed by atoms with Crippen LogP contribution in [0.3, 0.4) is 0 Å². The van der Waals surface area contributed by atoms with Crippen LogP contribution < -0.4 is 4.90 Å². The summed E-state index contributed by atoms with van der Waals surface area (Å²) in [4.78, 5) is 9.89. The van der Waals surface area contributed by atoms with Gasteiger partial charge in [0, 0.05) is 19.0 Å². The number of fused-ring (bicyclic) bond motifs is 1. The first-order valence-electron chi connectivity index (χ1n) is 7.13. The fourth-order valence-corrected chi connectivity index (χ4v) is 2.58. The highest BCUT2D eigenvalue weighted by Crippen LogP contribution is 2.34. The summed E-state index contributed by atoms with van der Waals surface area (Å²) in [5.41, 5.74) is -0.300. The maximum atomic E-state index is 13.2. The number of benzene rings is 2. The fourth-order valence-electron chi connectivity index (χ4n) is 2.58. The van der Waals surface area contributed by atoms with Gasteiger partial charge in [-0.15, -0.1) is 0 Å². The summed E-state index contributed by atoms with van der Waals surface area (Å²) in [7, 11) is 1.64. The molecule has 0 amide bonds. The molecule has 0 aliphatic heterocycles. The van der Waals surface area contributed by atoms with E-state index in [2.05, 4.69) is 9.97 Å². The van der Waals surface area contributed by atoms with Gasteiger partial charge in [-0.05, 0) is 29.8 Å². The predicted octanol–water partition coefficient (Wildman–Crippen LogP) is 4.42. The van der Waals surface area contributed by atoms with Gasteiger partial charge in [-0.1, -0.05) is 18.2 Å². The van der Waals surface area contributed by atoms with E-state index in [1.54, 1.807) is 24.1 Å². The van der Waals surface area contributed by atoms with E-state index in [0.717, 1.165) is 17.5 Å². The van der Waals surface area contributed by atoms with Crippen LogP contribution in [0.1, 0.15) is 11.1 Å². The van der Waals surface area contributed by atoms with E-state index in [1.807, 2.05) is 12.1 Å². The minimum Gasteiger partial charge on any atom is -0.355 e. The standard InChI is InChI=1S/C17H13F4N3/c1-24(16-13-4-2-3-5-15(13)22-10-23-16)9-11-6-7-12(18)8-14(11)17(19,20)21/h2-8,10H,9H2,1H3. The Bertz CT molecular complexity index is 872. The largest absolute Gasteiger partial charge is 0.416 e. The number of alkyl halides is 3. The zero-order valence-electron chi connectivity index (χ0n) is 12.7. The molecule has 0 fully saturated rings. The van der Waals surface area contributed by atoms with Crippen molar-refractivity contribution in [1.82, 2.24) is 9.97 Å². The summed E-state index contributed by atoms with van der Waals surface area (Å²) in [6.07, 6.45) is -3.25. The SMILES string of the molecule is CN(Cc1ccc(F)cc1C(F)(F)F)c1ncnc2ccccc12. The van der Waals surface area contributed by atoms with Gasteiger partial charge >= 0.3 is 6.18 Å². The quantitative estimate of drug-likeness (QED) is 0.663. The van der Waals surface area contributed by atoms with E-state index in [1.165, 1.54) is 6.33 Å². The highest BCUT2D eigenvalue weighted by Gasteiger charge is 2.34. The number of halogens is 4. The highest BCUT2D eigenvalue weighted by molar-refractivity contribution is 5.89. The number of para-hydroxylation sites is 1. The summed E-state index contributed by atoms with van der Waals surface area (Å²) in [6.45, 7) is -0.0594. The molecule has 1 aromatic heterocycles. The van der Waals surface area contributed by atoms with Crippen molar-refractivity contribution < 1.29 is 17.6 Å². The third-order valence-corrected chi connectivity index (χ3v) is 3.67. The fraction of sp³-hybridized carbons (Fsp3) is 0.176. The first-order valence-corrected chi connectivity index (χ1v) is 7.13. The molecule has 3 rings (SSSR count). The maximum Gasteiger partial charge on any atom is 0.416 e. The lowest BCUT2D eigenvalue weighted by molar-refractivity contribution is -0.138. The Morgan fingerprint density at radius 3 is 2.54 bits per heavy atom. The Hall–Kier alpha value is -2.70. The Balaban J connectivity index is 1.99. The molecule has 1 heterocycles. The van der Waals surface area contributed by atoms with Gasteiger partial charge in [0.25, 0.3) is 0 Å². The molecule has 0 saturated carbocycles. The summed E-state index contributed by atoms with van der Waals surface area (Å²) in [6, 6.07) is 9.92. The molecule has 24 heavy (non-hydrogen) atoms. The van der Waals surface area contributed by atoms with Gasteiger partial charge < -0.3 is 4.90 Å². The Morgan fingerprint density at radius 2 is 1.79 bits per heavy atom. The summed E-state index contributed by atoms with van der Waals surface area (Å²) in [5, 5.41) is 0.734. The van der Waals surface area contributed by atoms with E-state index < -0.39 is 17.6 Å². The molecular formula is C17H13F4N3. The molecule has 0 bridgehead atoms. The second-order valence-corrected chi connectivity index (χ2v) is 5.37. The van der Waals surface area contributed by atoms with Crippen LogP contribution in [0.5, 0.6) is 0 Å². The van der Waals surface area contributed by atoms with Crippen molar-refractivity contribution in [3.05, 3.63) is 65.7 Å². The summed E-state index contributed by atoms with van der Waals surface area (Å²) in [5.74, 6) is -0.403. The molecule has 124 valence electrons. The normalized spacial score (nSPS) is 11.7. The zero-order valence-corrected chi connectivity index (χ0v) is 12.7. The molecular weight excluding hydrogens is 322 g/mol. The van der Waals surface area contributed by atoms with Crippen molar-refractivity contribution in [2.24, 2.45) is 0 Å². The minimum atomic E-state index is -4.62. The van der Waals surface area contributed by atoms with Crippen molar-refractivity contribution in [3.63, 3.8) is 0 Å². The van der Waals surface area contributed by atoms with Gasteiger partial charge in [-0.25, -0.2) is 14.4 Å². The first-order chi connectivity index (χ1) is 11.4. The number of rotatable bonds is 3. The van der Waals surface area contributed by atoms with Gasteiger partial charge in [-0.2, -0.15) is 13.2 Å². The average Bonchev–Trinajstić information content (AvgIpc) is 2.55. The Morgan fingerprint density at radius 1 is 1.04 bits per heavy atom. The molecule has 3 nitrogen and oxygen atoms in total. The lowest BCUT2D eigenvalue weighted by Crippen LogP contribution is -2.21. The van der Waals surface area contributed by atoms with Crippen LogP contribution in [0, 0.1) is 5.82 Å². The van der Waals surface area contributed by atoms with Crippen molar-refractivity contribution >= 4 is 16.7 Å². The smallest absolute Gasteiger partial charge is 0.355 e. The molecule has 0 radical (unpaired) electrons. The van der Waals surface area contributed by atoms with Gasteiger partial charge in [0.15, 0.2) is 0 Å². The predicted molar refractivity (Wildman–Crippen MR) is 83.0 cm³/mol. The molecule has 0 atom stereocenters. The zero-order chi connectivity index (χ0) is 17.3. The van der Waals surface area contributed by atoms with Gasteiger partial charge in [0.1, 0.15) is 18.0 Å². The lowest BCUT2D eigenvalue weighted by Gasteiger charge is -2.22. The summed E-state index contributed by atoms with van der Waals surface area (Å²) >= 11 is 0. The number of aromatic nitrogens is 2. The van der Waals surface area contributed by atoms with Crippen LogP contribution in [0.25, 0.3) is 10.9 Å². The maximum absolute atomic E-state index is 13.2. The molecule has 0 saturated heterocycles. The van der Waals surface area contributed by atoms with Crippen LogP contribution >= 0.6 is 0 Å². The number of hydrogen-bond acceptors (Lipinski definition) is 3. The van der Waals surface area contributed by atoms with E-state index in [0.29, 0.717) is 17.4 Å². The van der Waals surface area contributed by atoms with Crippen LogP contribution in [0.15, 0.2) is 48.8 Å². The molecule has 0 N–H and O–H groups in total. The molecule has 3 aromatic rings. The molecule has 0 aliphatic rings. The average molecular weight is 335 g/mol. The highest BCUT2D eigenvalue weighted by atomic mass is 19.4. The van der Waals surface area contributed by atoms with Gasteiger partial charge in [-0.3, -0.25) is 0 Å². The van der Waals surface area contributed by atoms with Gasteiger partial charge in [0.05, 0.1) is 11.1 Å². The monoisotopic (exact) mass is 335 g/mol. The Kier molecular flexibility index (Phi) is 4.09. The molecule has 0 unspecified atom stereocenters. The Labute approximate surface area is 135 Å². The molecule has 0 spiro atoms. The number of nitrogens with zero attached hydrogens (tertiary/aromatic N) is 3. The van der Waals surface area contributed by atoms with Crippen LogP contribution in [-0.4, -0.2) is 17.0 Å². The lowest BCUT2D eigenvalue weighted by atomic mass is 10.1. The van der Waals surface area contributed by atoms with Crippen molar-refractivity contribution in [2.75, 3.05) is 11.9 Å². The minimum absolute atomic E-state index is 0.0194. The third-order valence-electron chi connectivity index (χ3n) is 3.67. The van der Waals surface area contributed by atoms with E-state index >= 15 is 0 Å². The van der Waals surface area contributed by atoms with Gasteiger partial charge in [0.2, 0.25) is 0 Å². The van der Waals surface area contributed by atoms with Crippen molar-refractivity contribution in [2.45, 2.75) is 12.7 Å². The molecule has 0 aliphatic carbocycles. The third kappa shape index (κ3) is 3.15. The second-order valence-electron chi connectivity index (χ2n) is 5.37. The topological polar surface area (TPSA) is 29.0 Å². The number of hydrogen-bond donors (Lipinski definition) is 0. The van der Waals surface area contributed by atoms with Crippen LogP contribution in [0.4, 0.5) is 23.4 Å². The first kappa shape index (κ1) is 16.2. The van der Waals surface area contributed by atoms with E-state index in [4.69, 9.17) is 0 Å². The van der Waals surface area contributed by atoms with Crippen LogP contribution in [0.2, 0.25) is 0 Å². The van der Waals surface area contributed by atoms with Crippen molar-refractivity contribution in [3.8, 4) is 0 Å².